The third kappa shape index (κ3) is 3.05. The smallest absolute Gasteiger partial charge is 0.314 e. The molecule has 7 heteroatoms. The van der Waals surface area contributed by atoms with Gasteiger partial charge in [-0.1, -0.05) is 26.3 Å². The number of aromatic hydroxyl groups is 1. The van der Waals surface area contributed by atoms with Crippen LogP contribution in [0, 0.1) is 24.5 Å². The number of benzene rings is 2. The predicted octanol–water partition coefficient (Wildman–Crippen LogP) is 5.01. The van der Waals surface area contributed by atoms with Crippen molar-refractivity contribution in [1.82, 2.24) is 4.57 Å². The molecule has 2 N–H and O–H groups in total. The van der Waals surface area contributed by atoms with Crippen LogP contribution in [0.15, 0.2) is 36.4 Å². The number of phenols is 1. The number of nitrogens with zero attached hydrogens (tertiary/aromatic N) is 1. The van der Waals surface area contributed by atoms with E-state index in [1.807, 2.05) is 6.92 Å². The molecule has 0 aliphatic carbocycles. The maximum Gasteiger partial charge on any atom is 0.314 e. The standard InChI is InChI=1S/C23H23F2NO4/c1-5-12(2)23(4,22(29)30)19-13(3)26(16-9-10-17(27)20(25)18(16)19)21(28)14-7-6-8-15(24)11-14/h6-12,27H,5H2,1-4H3,(H,29,30)/t12?,23-/m1/s1. The normalized spacial score (nSPS) is 14.5. The van der Waals surface area contributed by atoms with E-state index >= 15 is 4.39 Å². The van der Waals surface area contributed by atoms with Gasteiger partial charge in [0.05, 0.1) is 10.9 Å². The molecule has 0 aliphatic rings. The number of phenolic OH excluding ortho intramolecular Hbond substituents is 1. The number of carbonyl (C=O) groups is 2. The van der Waals surface area contributed by atoms with Gasteiger partial charge in [-0.25, -0.2) is 8.78 Å². The Bertz CT molecular complexity index is 1170. The third-order valence-corrected chi connectivity index (χ3v) is 6.12. The lowest BCUT2D eigenvalue weighted by Gasteiger charge is -2.32. The van der Waals surface area contributed by atoms with E-state index in [9.17, 15) is 24.2 Å². The number of carboxylic acid groups (broad SMARTS) is 1. The highest BCUT2D eigenvalue weighted by Gasteiger charge is 2.45. The van der Waals surface area contributed by atoms with Crippen LogP contribution in [0.1, 0.15) is 48.8 Å². The molecule has 0 amide bonds. The average Bonchev–Trinajstić information content (AvgIpc) is 3.01. The maximum atomic E-state index is 15.1. The summed E-state index contributed by atoms with van der Waals surface area (Å²) in [6, 6.07) is 7.55. The van der Waals surface area contributed by atoms with E-state index in [1.54, 1.807) is 6.92 Å². The average molecular weight is 415 g/mol. The number of halogens is 2. The lowest BCUT2D eigenvalue weighted by molar-refractivity contribution is -0.145. The van der Waals surface area contributed by atoms with Crippen LogP contribution in [0.25, 0.3) is 10.9 Å². The summed E-state index contributed by atoms with van der Waals surface area (Å²) in [5.41, 5.74) is -1.02. The van der Waals surface area contributed by atoms with Crippen LogP contribution in [0.5, 0.6) is 5.75 Å². The van der Waals surface area contributed by atoms with Crippen molar-refractivity contribution in [3.05, 3.63) is 64.9 Å². The Hall–Kier alpha value is -3.22. The van der Waals surface area contributed by atoms with Crippen molar-refractivity contribution in [2.75, 3.05) is 0 Å². The molecule has 0 aliphatic heterocycles. The number of hydrogen-bond acceptors (Lipinski definition) is 3. The van der Waals surface area contributed by atoms with E-state index in [2.05, 4.69) is 0 Å². The number of fused-ring (bicyclic) bond motifs is 1. The molecule has 2 aromatic carbocycles. The molecule has 30 heavy (non-hydrogen) atoms. The minimum Gasteiger partial charge on any atom is -0.505 e. The molecular weight excluding hydrogens is 392 g/mol. The summed E-state index contributed by atoms with van der Waals surface area (Å²) in [5.74, 6) is -4.43. The molecule has 0 saturated carbocycles. The van der Waals surface area contributed by atoms with Gasteiger partial charge in [0.2, 0.25) is 0 Å². The predicted molar refractivity (Wildman–Crippen MR) is 109 cm³/mol. The highest BCUT2D eigenvalue weighted by molar-refractivity contribution is 6.06. The molecule has 1 heterocycles. The zero-order valence-electron chi connectivity index (χ0n) is 17.2. The van der Waals surface area contributed by atoms with Crippen molar-refractivity contribution >= 4 is 22.8 Å². The summed E-state index contributed by atoms with van der Waals surface area (Å²) in [6.45, 7) is 6.59. The van der Waals surface area contributed by atoms with E-state index in [4.69, 9.17) is 0 Å². The van der Waals surface area contributed by atoms with E-state index in [0.717, 1.165) is 12.1 Å². The fraction of sp³-hybridized carbons (Fsp3) is 0.304. The summed E-state index contributed by atoms with van der Waals surface area (Å²) < 4.78 is 30.0. The van der Waals surface area contributed by atoms with Crippen molar-refractivity contribution in [1.29, 1.82) is 0 Å². The topological polar surface area (TPSA) is 79.5 Å². The minimum atomic E-state index is -1.53. The number of carbonyl (C=O) groups excluding carboxylic acids is 1. The van der Waals surface area contributed by atoms with Gasteiger partial charge in [-0.2, -0.15) is 0 Å². The molecule has 5 nitrogen and oxygen atoms in total. The molecule has 1 unspecified atom stereocenters. The zero-order chi connectivity index (χ0) is 22.4. The Morgan fingerprint density at radius 1 is 1.20 bits per heavy atom. The number of aliphatic carboxylic acids is 1. The number of aromatic nitrogens is 1. The second-order valence-corrected chi connectivity index (χ2v) is 7.72. The molecule has 3 aromatic rings. The van der Waals surface area contributed by atoms with Gasteiger partial charge in [0.25, 0.3) is 5.91 Å². The number of hydrogen-bond donors (Lipinski definition) is 2. The first-order valence-corrected chi connectivity index (χ1v) is 9.62. The van der Waals surface area contributed by atoms with Gasteiger partial charge in [0, 0.05) is 22.2 Å². The highest BCUT2D eigenvalue weighted by atomic mass is 19.1. The van der Waals surface area contributed by atoms with Gasteiger partial charge >= 0.3 is 5.97 Å². The van der Waals surface area contributed by atoms with Gasteiger partial charge in [-0.05, 0) is 50.1 Å². The quantitative estimate of drug-likeness (QED) is 0.614. The molecule has 0 spiro atoms. The van der Waals surface area contributed by atoms with E-state index in [1.165, 1.54) is 42.7 Å². The Morgan fingerprint density at radius 3 is 2.43 bits per heavy atom. The van der Waals surface area contributed by atoms with Crippen molar-refractivity contribution in [2.45, 2.75) is 39.5 Å². The first-order chi connectivity index (χ1) is 14.0. The Labute approximate surface area is 172 Å². The monoisotopic (exact) mass is 415 g/mol. The van der Waals surface area contributed by atoms with Crippen molar-refractivity contribution in [2.24, 2.45) is 5.92 Å². The second kappa shape index (κ2) is 7.55. The number of carboxylic acids is 1. The maximum absolute atomic E-state index is 15.1. The number of rotatable bonds is 5. The van der Waals surface area contributed by atoms with Crippen LogP contribution >= 0.6 is 0 Å². The molecule has 0 radical (unpaired) electrons. The van der Waals surface area contributed by atoms with Crippen LogP contribution < -0.4 is 0 Å². The van der Waals surface area contributed by atoms with Gasteiger partial charge in [-0.3, -0.25) is 14.2 Å². The lowest BCUT2D eigenvalue weighted by atomic mass is 9.70. The summed E-state index contributed by atoms with van der Waals surface area (Å²) >= 11 is 0. The van der Waals surface area contributed by atoms with E-state index in [-0.39, 0.29) is 27.7 Å². The SMILES string of the molecule is CCC(C)[C@@](C)(C(=O)O)c1c(C)n(C(=O)c2cccc(F)c2)c2ccc(O)c(F)c12. The van der Waals surface area contributed by atoms with Crippen LogP contribution in [0.4, 0.5) is 8.78 Å². The summed E-state index contributed by atoms with van der Waals surface area (Å²) in [7, 11) is 0. The second-order valence-electron chi connectivity index (χ2n) is 7.72. The van der Waals surface area contributed by atoms with Crippen LogP contribution in [0.2, 0.25) is 0 Å². The van der Waals surface area contributed by atoms with Gasteiger partial charge in [0.15, 0.2) is 11.6 Å². The first kappa shape index (κ1) is 21.5. The largest absolute Gasteiger partial charge is 0.505 e. The Balaban J connectivity index is 2.45. The van der Waals surface area contributed by atoms with E-state index < -0.39 is 40.6 Å². The van der Waals surface area contributed by atoms with Crippen molar-refractivity contribution in [3.8, 4) is 5.75 Å². The van der Waals surface area contributed by atoms with Crippen LogP contribution in [-0.4, -0.2) is 26.7 Å². The fourth-order valence-electron chi connectivity index (χ4n) is 4.07. The van der Waals surface area contributed by atoms with Crippen molar-refractivity contribution < 1.29 is 28.6 Å². The fourth-order valence-corrected chi connectivity index (χ4v) is 4.07. The molecular formula is C23H23F2NO4. The minimum absolute atomic E-state index is 0.0376. The van der Waals surface area contributed by atoms with Gasteiger partial charge < -0.3 is 10.2 Å². The molecule has 2 atom stereocenters. The zero-order valence-corrected chi connectivity index (χ0v) is 17.2. The summed E-state index contributed by atoms with van der Waals surface area (Å²) in [6.07, 6.45) is 0.493. The van der Waals surface area contributed by atoms with Gasteiger partial charge in [-0.15, -0.1) is 0 Å². The molecule has 0 saturated heterocycles. The molecule has 0 bridgehead atoms. The molecule has 1 aromatic heterocycles. The van der Waals surface area contributed by atoms with Crippen LogP contribution in [-0.2, 0) is 10.2 Å². The third-order valence-electron chi connectivity index (χ3n) is 6.12. The molecule has 3 rings (SSSR count). The van der Waals surface area contributed by atoms with Crippen molar-refractivity contribution in [3.63, 3.8) is 0 Å². The first-order valence-electron chi connectivity index (χ1n) is 9.62. The Morgan fingerprint density at radius 2 is 1.87 bits per heavy atom. The lowest BCUT2D eigenvalue weighted by Crippen LogP contribution is -2.39. The molecule has 0 fully saturated rings. The van der Waals surface area contributed by atoms with Gasteiger partial charge in [0.1, 0.15) is 5.82 Å². The Kier molecular flexibility index (Phi) is 5.41. The molecule has 158 valence electrons. The van der Waals surface area contributed by atoms with Crippen LogP contribution in [0.3, 0.4) is 0 Å². The highest BCUT2D eigenvalue weighted by Crippen LogP contribution is 2.44. The summed E-state index contributed by atoms with van der Waals surface area (Å²) in [4.78, 5) is 25.6. The van der Waals surface area contributed by atoms with E-state index in [0.29, 0.717) is 6.42 Å². The summed E-state index contributed by atoms with van der Waals surface area (Å²) in [5, 5.41) is 19.9.